The lowest BCUT2D eigenvalue weighted by Crippen LogP contribution is -2.08. The van der Waals surface area contributed by atoms with Crippen molar-refractivity contribution in [3.05, 3.63) is 28.1 Å². The second-order valence-electron chi connectivity index (χ2n) is 4.52. The summed E-state index contributed by atoms with van der Waals surface area (Å²) in [5.74, 6) is 0.876. The number of aryl methyl sites for hydroxylation is 2. The van der Waals surface area contributed by atoms with Crippen molar-refractivity contribution < 1.29 is 0 Å². The van der Waals surface area contributed by atoms with Crippen LogP contribution in [0.3, 0.4) is 0 Å². The average Bonchev–Trinajstić information content (AvgIpc) is 3.00. The summed E-state index contributed by atoms with van der Waals surface area (Å²) in [7, 11) is 1.93. The number of nitrogens with zero attached hydrogens (tertiary/aromatic N) is 5. The topological polar surface area (TPSA) is 48.5 Å². The van der Waals surface area contributed by atoms with E-state index >= 15 is 0 Å². The minimum Gasteiger partial charge on any atom is -0.306 e. The van der Waals surface area contributed by atoms with E-state index in [-0.39, 0.29) is 5.38 Å². The van der Waals surface area contributed by atoms with Gasteiger partial charge in [-0.1, -0.05) is 0 Å². The molecule has 0 spiro atoms. The maximum absolute atomic E-state index is 6.26. The third kappa shape index (κ3) is 2.04. The molecular formula is C12H14ClN5S. The smallest absolute Gasteiger partial charge is 0.159 e. The summed E-state index contributed by atoms with van der Waals surface area (Å²) in [5, 5.41) is 4.28. The summed E-state index contributed by atoms with van der Waals surface area (Å²) in [6.07, 6.45) is 1.88. The summed E-state index contributed by atoms with van der Waals surface area (Å²) < 4.78 is 3.99. The number of aromatic nitrogens is 5. The van der Waals surface area contributed by atoms with Crippen LogP contribution in [0.2, 0.25) is 0 Å². The van der Waals surface area contributed by atoms with Crippen molar-refractivity contribution in [2.24, 2.45) is 7.05 Å². The molecule has 3 aromatic rings. The summed E-state index contributed by atoms with van der Waals surface area (Å²) in [4.78, 5) is 9.94. The molecule has 3 heterocycles. The fourth-order valence-electron chi connectivity index (χ4n) is 2.29. The zero-order valence-corrected chi connectivity index (χ0v) is 12.5. The van der Waals surface area contributed by atoms with Gasteiger partial charge in [-0.05, 0) is 13.8 Å². The molecule has 3 aromatic heterocycles. The first-order chi connectivity index (χ1) is 9.08. The highest BCUT2D eigenvalue weighted by molar-refractivity contribution is 7.09. The molecule has 7 heteroatoms. The number of rotatable bonds is 3. The molecule has 5 nitrogen and oxygen atoms in total. The minimum atomic E-state index is -0.139. The lowest BCUT2D eigenvalue weighted by molar-refractivity contribution is 0.690. The van der Waals surface area contributed by atoms with E-state index in [0.717, 1.165) is 29.2 Å². The number of halogens is 1. The Morgan fingerprint density at radius 1 is 1.47 bits per heavy atom. The Bertz CT molecular complexity index is 710. The number of imidazole rings is 1. The second kappa shape index (κ2) is 4.61. The van der Waals surface area contributed by atoms with Gasteiger partial charge in [0.05, 0.1) is 23.1 Å². The second-order valence-corrected chi connectivity index (χ2v) is 6.15. The minimum absolute atomic E-state index is 0.139. The van der Waals surface area contributed by atoms with Gasteiger partial charge in [0, 0.05) is 18.1 Å². The van der Waals surface area contributed by atoms with Gasteiger partial charge < -0.3 is 4.57 Å². The summed E-state index contributed by atoms with van der Waals surface area (Å²) in [5.41, 5.74) is 4.70. The van der Waals surface area contributed by atoms with Crippen molar-refractivity contribution in [2.45, 2.75) is 25.8 Å². The molecule has 1 unspecified atom stereocenters. The molecule has 19 heavy (non-hydrogen) atoms. The largest absolute Gasteiger partial charge is 0.306 e. The molecule has 0 bridgehead atoms. The van der Waals surface area contributed by atoms with Gasteiger partial charge in [-0.3, -0.25) is 9.67 Å². The Morgan fingerprint density at radius 2 is 2.26 bits per heavy atom. The molecule has 0 aliphatic rings. The van der Waals surface area contributed by atoms with Crippen LogP contribution in [0.4, 0.5) is 0 Å². The summed E-state index contributed by atoms with van der Waals surface area (Å²) >= 11 is 7.89. The molecule has 0 radical (unpaired) electrons. The van der Waals surface area contributed by atoms with Crippen molar-refractivity contribution in [1.29, 1.82) is 0 Å². The van der Waals surface area contributed by atoms with E-state index in [4.69, 9.17) is 11.6 Å². The van der Waals surface area contributed by atoms with Crippen LogP contribution < -0.4 is 0 Å². The molecular weight excluding hydrogens is 282 g/mol. The summed E-state index contributed by atoms with van der Waals surface area (Å²) in [6.45, 7) is 4.64. The van der Waals surface area contributed by atoms with Crippen molar-refractivity contribution in [1.82, 2.24) is 24.3 Å². The van der Waals surface area contributed by atoms with E-state index in [1.807, 2.05) is 37.3 Å². The highest BCUT2D eigenvalue weighted by Crippen LogP contribution is 2.27. The van der Waals surface area contributed by atoms with Gasteiger partial charge in [0.25, 0.3) is 0 Å². The quantitative estimate of drug-likeness (QED) is 0.698. The van der Waals surface area contributed by atoms with Crippen LogP contribution in [0.5, 0.6) is 0 Å². The number of hydrogen-bond acceptors (Lipinski definition) is 4. The molecule has 0 amide bonds. The Balaban J connectivity index is 2.21. The van der Waals surface area contributed by atoms with Crippen LogP contribution in [0.1, 0.15) is 28.7 Å². The molecule has 0 aliphatic carbocycles. The van der Waals surface area contributed by atoms with E-state index in [9.17, 15) is 0 Å². The van der Waals surface area contributed by atoms with Gasteiger partial charge >= 0.3 is 0 Å². The normalized spacial score (nSPS) is 13.3. The first kappa shape index (κ1) is 12.6. The Labute approximate surface area is 119 Å². The monoisotopic (exact) mass is 295 g/mol. The Morgan fingerprint density at radius 3 is 2.89 bits per heavy atom. The maximum atomic E-state index is 6.26. The van der Waals surface area contributed by atoms with Gasteiger partial charge in [-0.15, -0.1) is 22.9 Å². The number of thiazole rings is 1. The molecule has 0 saturated carbocycles. The predicted octanol–water partition coefficient (Wildman–Crippen LogP) is 2.88. The Hall–Kier alpha value is -1.40. The van der Waals surface area contributed by atoms with E-state index in [1.54, 1.807) is 11.3 Å². The van der Waals surface area contributed by atoms with Crippen molar-refractivity contribution in [2.75, 3.05) is 0 Å². The summed E-state index contributed by atoms with van der Waals surface area (Å²) in [6, 6.07) is 0. The van der Waals surface area contributed by atoms with Crippen molar-refractivity contribution in [3.63, 3.8) is 0 Å². The van der Waals surface area contributed by atoms with Crippen LogP contribution >= 0.6 is 22.9 Å². The molecule has 1 atom stereocenters. The maximum Gasteiger partial charge on any atom is 0.159 e. The predicted molar refractivity (Wildman–Crippen MR) is 76.7 cm³/mol. The molecule has 0 fully saturated rings. The first-order valence-electron chi connectivity index (χ1n) is 5.99. The zero-order valence-electron chi connectivity index (χ0n) is 11.0. The fraction of sp³-hybridized carbons (Fsp3) is 0.417. The van der Waals surface area contributed by atoms with Crippen LogP contribution in [-0.2, 0) is 13.6 Å². The number of alkyl halides is 1. The Kier molecular flexibility index (Phi) is 3.06. The van der Waals surface area contributed by atoms with Crippen molar-refractivity contribution in [3.8, 4) is 0 Å². The highest BCUT2D eigenvalue weighted by Gasteiger charge is 2.20. The van der Waals surface area contributed by atoms with Gasteiger partial charge in [0.1, 0.15) is 11.3 Å². The third-order valence-corrected chi connectivity index (χ3v) is 4.03. The van der Waals surface area contributed by atoms with Crippen molar-refractivity contribution >= 4 is 34.1 Å². The average molecular weight is 296 g/mol. The molecule has 3 rings (SSSR count). The van der Waals surface area contributed by atoms with E-state index in [0.29, 0.717) is 0 Å². The highest BCUT2D eigenvalue weighted by atomic mass is 35.5. The van der Waals surface area contributed by atoms with E-state index in [2.05, 4.69) is 19.6 Å². The van der Waals surface area contributed by atoms with Crippen LogP contribution in [-0.4, -0.2) is 24.3 Å². The third-order valence-electron chi connectivity index (χ3n) is 3.07. The molecule has 0 aromatic carbocycles. The fourth-order valence-corrected chi connectivity index (χ4v) is 3.04. The van der Waals surface area contributed by atoms with E-state index in [1.165, 1.54) is 4.88 Å². The first-order valence-corrected chi connectivity index (χ1v) is 7.30. The van der Waals surface area contributed by atoms with Crippen LogP contribution in [0.25, 0.3) is 11.2 Å². The lowest BCUT2D eigenvalue weighted by Gasteiger charge is -2.09. The molecule has 0 N–H and O–H groups in total. The SMILES string of the molecule is Cc1nn(C)c2c1nc(C(C)Cl)n2Cc1cncs1. The molecule has 0 aliphatic heterocycles. The zero-order chi connectivity index (χ0) is 13.6. The molecule has 0 saturated heterocycles. The molecule has 100 valence electrons. The standard InChI is InChI=1S/C12H14ClN5S/c1-7(13)11-15-10-8(2)16-17(3)12(10)18(11)5-9-4-14-6-19-9/h4,6-7H,5H2,1-3H3. The van der Waals surface area contributed by atoms with Crippen LogP contribution in [0.15, 0.2) is 11.7 Å². The van der Waals surface area contributed by atoms with Gasteiger partial charge in [-0.2, -0.15) is 5.10 Å². The lowest BCUT2D eigenvalue weighted by atomic mass is 10.4. The van der Waals surface area contributed by atoms with Crippen LogP contribution in [0, 0.1) is 6.92 Å². The van der Waals surface area contributed by atoms with Gasteiger partial charge in [-0.25, -0.2) is 4.98 Å². The number of hydrogen-bond donors (Lipinski definition) is 0. The number of fused-ring (bicyclic) bond motifs is 1. The van der Waals surface area contributed by atoms with Gasteiger partial charge in [0.15, 0.2) is 5.65 Å². The van der Waals surface area contributed by atoms with Gasteiger partial charge in [0.2, 0.25) is 0 Å². The van der Waals surface area contributed by atoms with E-state index < -0.39 is 0 Å².